The van der Waals surface area contributed by atoms with Gasteiger partial charge in [-0.3, -0.25) is 4.79 Å². The highest BCUT2D eigenvalue weighted by Gasteiger charge is 2.27. The average Bonchev–Trinajstić information content (AvgIpc) is 2.75. The lowest BCUT2D eigenvalue weighted by Gasteiger charge is -2.36. The Morgan fingerprint density at radius 3 is 3.06 bits per heavy atom. The Hall–Kier alpha value is -1.52. The van der Waals surface area contributed by atoms with Gasteiger partial charge in [0.1, 0.15) is 0 Å². The summed E-state index contributed by atoms with van der Waals surface area (Å²) in [6.07, 6.45) is 6.25. The van der Waals surface area contributed by atoms with Gasteiger partial charge in [-0.15, -0.1) is 0 Å². The fraction of sp³-hybridized carbons (Fsp3) is 0.692. The normalized spacial score (nSPS) is 21.9. The van der Waals surface area contributed by atoms with Gasteiger partial charge < -0.3 is 14.6 Å². The molecule has 1 aliphatic heterocycles. The lowest BCUT2D eigenvalue weighted by molar-refractivity contribution is -0.138. The van der Waals surface area contributed by atoms with Crippen LogP contribution in [0.15, 0.2) is 12.4 Å². The van der Waals surface area contributed by atoms with Gasteiger partial charge in [-0.05, 0) is 24.7 Å². The number of aryl methyl sites for hydroxylation is 1. The molecule has 2 atom stereocenters. The molecule has 1 aromatic heterocycles. The molecule has 1 fully saturated rings. The van der Waals surface area contributed by atoms with Gasteiger partial charge in [0, 0.05) is 39.0 Å². The van der Waals surface area contributed by atoms with Crippen LogP contribution in [0.1, 0.15) is 26.2 Å². The summed E-state index contributed by atoms with van der Waals surface area (Å²) in [5, 5.41) is 8.88. The molecule has 2 rings (SSSR count). The number of carbonyl (C=O) groups is 1. The van der Waals surface area contributed by atoms with Gasteiger partial charge in [0.25, 0.3) is 0 Å². The van der Waals surface area contributed by atoms with Crippen LogP contribution in [0.2, 0.25) is 0 Å². The van der Waals surface area contributed by atoms with Crippen molar-refractivity contribution in [1.82, 2.24) is 9.55 Å². The van der Waals surface area contributed by atoms with E-state index in [1.54, 1.807) is 6.20 Å². The molecule has 2 heterocycles. The van der Waals surface area contributed by atoms with Crippen LogP contribution in [0.25, 0.3) is 0 Å². The number of anilines is 1. The number of hydrogen-bond acceptors (Lipinski definition) is 3. The van der Waals surface area contributed by atoms with Crippen molar-refractivity contribution in [2.24, 2.45) is 18.9 Å². The number of hydrogen-bond donors (Lipinski definition) is 1. The minimum Gasteiger partial charge on any atom is -0.481 e. The first-order valence-electron chi connectivity index (χ1n) is 6.52. The lowest BCUT2D eigenvalue weighted by Crippen LogP contribution is -2.39. The van der Waals surface area contributed by atoms with Crippen molar-refractivity contribution in [3.8, 4) is 0 Å². The molecule has 0 aliphatic carbocycles. The molecule has 0 radical (unpaired) electrons. The van der Waals surface area contributed by atoms with Gasteiger partial charge in [0.05, 0.1) is 0 Å². The molecule has 5 heteroatoms. The number of nitrogens with zero attached hydrogens (tertiary/aromatic N) is 3. The predicted octanol–water partition coefficient (Wildman–Crippen LogP) is 1.75. The average molecular weight is 251 g/mol. The molecule has 0 aromatic carbocycles. The van der Waals surface area contributed by atoms with Crippen molar-refractivity contribution in [2.45, 2.75) is 26.2 Å². The van der Waals surface area contributed by atoms with E-state index in [9.17, 15) is 4.79 Å². The van der Waals surface area contributed by atoms with Crippen molar-refractivity contribution in [3.63, 3.8) is 0 Å². The monoisotopic (exact) mass is 251 g/mol. The third kappa shape index (κ3) is 2.83. The lowest BCUT2D eigenvalue weighted by atomic mass is 9.85. The Kier molecular flexibility index (Phi) is 3.89. The summed E-state index contributed by atoms with van der Waals surface area (Å²) in [5.41, 5.74) is 0. The molecule has 18 heavy (non-hydrogen) atoms. The van der Waals surface area contributed by atoms with Crippen LogP contribution >= 0.6 is 0 Å². The minimum absolute atomic E-state index is 0.227. The smallest absolute Gasteiger partial charge is 0.303 e. The summed E-state index contributed by atoms with van der Waals surface area (Å²) in [6, 6.07) is 0. The molecule has 1 aliphatic rings. The van der Waals surface area contributed by atoms with E-state index in [1.165, 1.54) is 0 Å². The highest BCUT2D eigenvalue weighted by atomic mass is 16.4. The zero-order valence-electron chi connectivity index (χ0n) is 11.0. The van der Waals surface area contributed by atoms with Crippen LogP contribution in [-0.2, 0) is 11.8 Å². The molecule has 0 spiro atoms. The van der Waals surface area contributed by atoms with Crippen LogP contribution in [0.3, 0.4) is 0 Å². The first kappa shape index (κ1) is 12.9. The van der Waals surface area contributed by atoms with E-state index in [2.05, 4.69) is 9.88 Å². The van der Waals surface area contributed by atoms with Gasteiger partial charge >= 0.3 is 5.97 Å². The number of carboxylic acids is 1. The highest BCUT2D eigenvalue weighted by Crippen LogP contribution is 2.28. The zero-order valence-corrected chi connectivity index (χ0v) is 11.0. The van der Waals surface area contributed by atoms with Crippen LogP contribution in [-0.4, -0.2) is 33.7 Å². The Balaban J connectivity index is 2.00. The number of carboxylic acid groups (broad SMARTS) is 1. The first-order chi connectivity index (χ1) is 8.58. The van der Waals surface area contributed by atoms with E-state index < -0.39 is 5.97 Å². The Morgan fingerprint density at radius 2 is 2.44 bits per heavy atom. The third-order valence-corrected chi connectivity index (χ3v) is 3.84. The maximum Gasteiger partial charge on any atom is 0.303 e. The van der Waals surface area contributed by atoms with E-state index in [0.29, 0.717) is 5.92 Å². The van der Waals surface area contributed by atoms with Crippen molar-refractivity contribution in [3.05, 3.63) is 12.4 Å². The van der Waals surface area contributed by atoms with E-state index in [0.717, 1.165) is 31.9 Å². The summed E-state index contributed by atoms with van der Waals surface area (Å²) in [5.74, 6) is 0.968. The molecule has 100 valence electrons. The van der Waals surface area contributed by atoms with E-state index in [-0.39, 0.29) is 12.3 Å². The topological polar surface area (TPSA) is 58.4 Å². The standard InChI is InChI=1S/C13H21N3O2/c1-10(8-12(17)18)11-4-3-6-16(9-11)13-14-5-7-15(13)2/h5,7,10-11H,3-4,6,8-9H2,1-2H3,(H,17,18). The van der Waals surface area contributed by atoms with Gasteiger partial charge in [-0.2, -0.15) is 0 Å². The van der Waals surface area contributed by atoms with Gasteiger partial charge in [0.15, 0.2) is 0 Å². The van der Waals surface area contributed by atoms with Crippen molar-refractivity contribution in [1.29, 1.82) is 0 Å². The molecule has 2 unspecified atom stereocenters. The molecule has 0 bridgehead atoms. The summed E-state index contributed by atoms with van der Waals surface area (Å²) in [4.78, 5) is 17.4. The van der Waals surface area contributed by atoms with Crippen molar-refractivity contribution < 1.29 is 9.90 Å². The number of aliphatic carboxylic acids is 1. The van der Waals surface area contributed by atoms with Crippen LogP contribution in [0.4, 0.5) is 5.95 Å². The molecule has 1 N–H and O–H groups in total. The second-order valence-corrected chi connectivity index (χ2v) is 5.26. The van der Waals surface area contributed by atoms with Crippen molar-refractivity contribution in [2.75, 3.05) is 18.0 Å². The Labute approximate surface area is 107 Å². The van der Waals surface area contributed by atoms with Gasteiger partial charge in [0.2, 0.25) is 5.95 Å². The minimum atomic E-state index is -0.698. The molecule has 5 nitrogen and oxygen atoms in total. The molecular weight excluding hydrogens is 230 g/mol. The summed E-state index contributed by atoms with van der Waals surface area (Å²) >= 11 is 0. The molecule has 0 saturated carbocycles. The molecular formula is C13H21N3O2. The fourth-order valence-corrected chi connectivity index (χ4v) is 2.76. The zero-order chi connectivity index (χ0) is 13.1. The molecule has 1 aromatic rings. The van der Waals surface area contributed by atoms with E-state index in [4.69, 9.17) is 5.11 Å². The predicted molar refractivity (Wildman–Crippen MR) is 69.6 cm³/mol. The van der Waals surface area contributed by atoms with Gasteiger partial charge in [-0.1, -0.05) is 6.92 Å². The highest BCUT2D eigenvalue weighted by molar-refractivity contribution is 5.67. The fourth-order valence-electron chi connectivity index (χ4n) is 2.76. The van der Waals surface area contributed by atoms with Crippen LogP contribution < -0.4 is 4.90 Å². The van der Waals surface area contributed by atoms with Crippen LogP contribution in [0, 0.1) is 11.8 Å². The second kappa shape index (κ2) is 5.42. The molecule has 0 amide bonds. The van der Waals surface area contributed by atoms with Crippen molar-refractivity contribution >= 4 is 11.9 Å². The SMILES string of the molecule is CC(CC(=O)O)C1CCCN(c2nccn2C)C1. The largest absolute Gasteiger partial charge is 0.481 e. The second-order valence-electron chi connectivity index (χ2n) is 5.26. The summed E-state index contributed by atoms with van der Waals surface area (Å²) < 4.78 is 2.02. The first-order valence-corrected chi connectivity index (χ1v) is 6.52. The maximum atomic E-state index is 10.8. The van der Waals surface area contributed by atoms with E-state index >= 15 is 0 Å². The Morgan fingerprint density at radius 1 is 1.67 bits per heavy atom. The quantitative estimate of drug-likeness (QED) is 0.885. The Bertz CT molecular complexity index is 416. The third-order valence-electron chi connectivity index (χ3n) is 3.84. The summed E-state index contributed by atoms with van der Waals surface area (Å²) in [6.45, 7) is 3.97. The number of rotatable bonds is 4. The van der Waals surface area contributed by atoms with E-state index in [1.807, 2.05) is 24.7 Å². The van der Waals surface area contributed by atoms with Crippen LogP contribution in [0.5, 0.6) is 0 Å². The number of piperidine rings is 1. The molecule has 1 saturated heterocycles. The summed E-state index contributed by atoms with van der Waals surface area (Å²) in [7, 11) is 1.99. The van der Waals surface area contributed by atoms with Gasteiger partial charge in [-0.25, -0.2) is 4.98 Å². The number of imidazole rings is 1. The number of aromatic nitrogens is 2. The maximum absolute atomic E-state index is 10.8.